The molecule has 0 radical (unpaired) electrons. The van der Waals surface area contributed by atoms with E-state index < -0.39 is 9.84 Å². The van der Waals surface area contributed by atoms with Crippen molar-refractivity contribution < 1.29 is 8.42 Å². The predicted octanol–water partition coefficient (Wildman–Crippen LogP) is 11.4. The molecule has 5 aliphatic rings. The third-order valence-electron chi connectivity index (χ3n) is 12.5. The summed E-state index contributed by atoms with van der Waals surface area (Å²) in [5.41, 5.74) is 9.27. The summed E-state index contributed by atoms with van der Waals surface area (Å²) in [6.45, 7) is 0. The molecule has 0 unspecified atom stereocenters. The number of hydrogen-bond acceptors (Lipinski definition) is 3. The van der Waals surface area contributed by atoms with E-state index in [0.29, 0.717) is 21.6 Å². The van der Waals surface area contributed by atoms with Gasteiger partial charge in [0.25, 0.3) is 0 Å². The Morgan fingerprint density at radius 2 is 0.880 bits per heavy atom. The van der Waals surface area contributed by atoms with Crippen LogP contribution in [0.5, 0.6) is 0 Å². The van der Waals surface area contributed by atoms with Gasteiger partial charge in [-0.25, -0.2) is 8.42 Å². The van der Waals surface area contributed by atoms with Crippen molar-refractivity contribution in [2.45, 2.75) is 47.3 Å². The number of hydrogen-bond donors (Lipinski definition) is 0. The predicted molar refractivity (Wildman–Crippen MR) is 202 cm³/mol. The van der Waals surface area contributed by atoms with Gasteiger partial charge < -0.3 is 4.90 Å². The molecule has 0 atom stereocenters. The maximum atomic E-state index is 14.7. The number of fused-ring (bicyclic) bond motifs is 2. The van der Waals surface area contributed by atoms with Crippen molar-refractivity contribution in [2.24, 2.45) is 23.7 Å². The van der Waals surface area contributed by atoms with Crippen molar-refractivity contribution in [1.29, 1.82) is 0 Å². The van der Waals surface area contributed by atoms with E-state index >= 15 is 0 Å². The number of benzene rings is 6. The van der Waals surface area contributed by atoms with E-state index in [-0.39, 0.29) is 5.41 Å². The summed E-state index contributed by atoms with van der Waals surface area (Å²) in [6, 6.07) is 52.4. The summed E-state index contributed by atoms with van der Waals surface area (Å²) in [7, 11) is -3.74. The Hall–Kier alpha value is -4.93. The summed E-state index contributed by atoms with van der Waals surface area (Å²) < 4.78 is 29.5. The standard InChI is InChI=1S/C46H39NO2S/c48-50(49)44-14-8-7-13-42(44)46(37-26-31-25-32(28-37)29-38(46)27-31)43-24-23-41(30-45(43)50)47(39-19-15-35(16-20-39)33-9-3-1-4-10-33)40-21-17-36(18-22-40)34-11-5-2-6-12-34/h1-24,30-32,37-38H,25-29H2. The average molecular weight is 670 g/mol. The summed E-state index contributed by atoms with van der Waals surface area (Å²) in [4.78, 5) is 3.22. The minimum absolute atomic E-state index is 0.247. The van der Waals surface area contributed by atoms with Gasteiger partial charge in [-0.05, 0) is 132 Å². The first-order valence-electron chi connectivity index (χ1n) is 18.1. The normalized spacial score (nSPS) is 25.2. The van der Waals surface area contributed by atoms with Crippen molar-refractivity contribution in [2.75, 3.05) is 4.90 Å². The largest absolute Gasteiger partial charge is 0.310 e. The number of sulfone groups is 1. The van der Waals surface area contributed by atoms with Gasteiger partial charge >= 0.3 is 0 Å². The zero-order chi connectivity index (χ0) is 33.5. The van der Waals surface area contributed by atoms with E-state index in [2.05, 4.69) is 126 Å². The molecule has 1 aliphatic heterocycles. The topological polar surface area (TPSA) is 37.4 Å². The highest BCUT2D eigenvalue weighted by Crippen LogP contribution is 2.68. The van der Waals surface area contributed by atoms with E-state index in [1.54, 1.807) is 0 Å². The van der Waals surface area contributed by atoms with Crippen molar-refractivity contribution in [3.8, 4) is 22.3 Å². The molecule has 4 saturated carbocycles. The fraction of sp³-hybridized carbons (Fsp3) is 0.217. The lowest BCUT2D eigenvalue weighted by Gasteiger charge is -2.63. The number of anilines is 3. The molecular weight excluding hydrogens is 631 g/mol. The van der Waals surface area contributed by atoms with Crippen molar-refractivity contribution in [3.63, 3.8) is 0 Å². The Balaban J connectivity index is 1.14. The van der Waals surface area contributed by atoms with Crippen LogP contribution in [0.3, 0.4) is 0 Å². The highest BCUT2D eigenvalue weighted by atomic mass is 32.2. The summed E-state index contributed by atoms with van der Waals surface area (Å²) in [6.07, 6.45) is 6.18. The second-order valence-electron chi connectivity index (χ2n) is 15.0. The molecule has 50 heavy (non-hydrogen) atoms. The van der Waals surface area contributed by atoms with Crippen molar-refractivity contribution in [3.05, 3.63) is 163 Å². The third-order valence-corrected chi connectivity index (χ3v) is 14.3. The van der Waals surface area contributed by atoms with Gasteiger partial charge in [-0.3, -0.25) is 0 Å². The molecule has 1 spiro atoms. The second kappa shape index (κ2) is 11.3. The van der Waals surface area contributed by atoms with Crippen LogP contribution < -0.4 is 4.90 Å². The van der Waals surface area contributed by atoms with E-state index in [1.165, 1.54) is 32.1 Å². The van der Waals surface area contributed by atoms with Crippen molar-refractivity contribution in [1.82, 2.24) is 0 Å². The Morgan fingerprint density at radius 1 is 0.440 bits per heavy atom. The lowest BCUT2D eigenvalue weighted by molar-refractivity contribution is -0.0446. The van der Waals surface area contributed by atoms with Crippen LogP contribution in [0.1, 0.15) is 43.2 Å². The van der Waals surface area contributed by atoms with E-state index in [0.717, 1.165) is 62.3 Å². The van der Waals surface area contributed by atoms with Crippen LogP contribution in [0.2, 0.25) is 0 Å². The Morgan fingerprint density at radius 3 is 1.42 bits per heavy atom. The molecular formula is C46H39NO2S. The first-order chi connectivity index (χ1) is 24.5. The average Bonchev–Trinajstić information content (AvgIpc) is 3.16. The Bertz CT molecular complexity index is 2220. The Kier molecular flexibility index (Phi) is 6.76. The molecule has 4 bridgehead atoms. The molecule has 0 amide bonds. The van der Waals surface area contributed by atoms with Crippen LogP contribution in [0.25, 0.3) is 22.3 Å². The first kappa shape index (κ1) is 29.9. The van der Waals surface area contributed by atoms with Crippen LogP contribution in [-0.2, 0) is 15.3 Å². The van der Waals surface area contributed by atoms with Crippen LogP contribution >= 0.6 is 0 Å². The lowest BCUT2D eigenvalue weighted by Crippen LogP contribution is -2.57. The lowest BCUT2D eigenvalue weighted by atomic mass is 9.42. The minimum atomic E-state index is -3.74. The van der Waals surface area contributed by atoms with Gasteiger partial charge in [0, 0.05) is 22.5 Å². The molecule has 1 heterocycles. The highest BCUT2D eigenvalue weighted by Gasteiger charge is 2.62. The Labute approximate surface area is 295 Å². The number of rotatable bonds is 5. The van der Waals surface area contributed by atoms with Gasteiger partial charge in [0.2, 0.25) is 9.84 Å². The SMILES string of the molecule is O=S1(=O)c2ccccc2C2(c3ccc(N(c4ccc(-c5ccccc5)cc4)c4ccc(-c5ccccc5)cc4)cc31)C1CC3CC(C1)CC2C3. The third kappa shape index (κ3) is 4.44. The molecule has 4 aliphatic carbocycles. The van der Waals surface area contributed by atoms with Crippen LogP contribution in [0.4, 0.5) is 17.1 Å². The van der Waals surface area contributed by atoms with Gasteiger partial charge in [0.1, 0.15) is 0 Å². The van der Waals surface area contributed by atoms with E-state index in [4.69, 9.17) is 0 Å². The zero-order valence-electron chi connectivity index (χ0n) is 28.0. The fourth-order valence-electron chi connectivity index (χ4n) is 10.6. The monoisotopic (exact) mass is 669 g/mol. The van der Waals surface area contributed by atoms with Crippen LogP contribution in [-0.4, -0.2) is 8.42 Å². The van der Waals surface area contributed by atoms with Gasteiger partial charge in [0.05, 0.1) is 9.79 Å². The molecule has 6 aromatic rings. The smallest absolute Gasteiger partial charge is 0.207 e. The summed E-state index contributed by atoms with van der Waals surface area (Å²) >= 11 is 0. The molecule has 6 aromatic carbocycles. The molecule has 246 valence electrons. The quantitative estimate of drug-likeness (QED) is 0.183. The maximum Gasteiger partial charge on any atom is 0.207 e. The van der Waals surface area contributed by atoms with E-state index in [1.807, 2.05) is 30.3 Å². The zero-order valence-corrected chi connectivity index (χ0v) is 28.8. The molecule has 0 saturated heterocycles. The van der Waals surface area contributed by atoms with Gasteiger partial charge in [-0.1, -0.05) is 109 Å². The fourth-order valence-corrected chi connectivity index (χ4v) is 12.5. The first-order valence-corrected chi connectivity index (χ1v) is 19.6. The molecule has 0 N–H and O–H groups in total. The highest BCUT2D eigenvalue weighted by molar-refractivity contribution is 7.91. The molecule has 0 aromatic heterocycles. The second-order valence-corrected chi connectivity index (χ2v) is 16.9. The minimum Gasteiger partial charge on any atom is -0.310 e. The van der Waals surface area contributed by atoms with Gasteiger partial charge in [-0.15, -0.1) is 0 Å². The number of nitrogens with zero attached hydrogens (tertiary/aromatic N) is 1. The molecule has 3 nitrogen and oxygen atoms in total. The van der Waals surface area contributed by atoms with Gasteiger partial charge in [-0.2, -0.15) is 0 Å². The maximum absolute atomic E-state index is 14.7. The van der Waals surface area contributed by atoms with Crippen LogP contribution in [0, 0.1) is 23.7 Å². The summed E-state index contributed by atoms with van der Waals surface area (Å²) in [5.74, 6) is 2.52. The van der Waals surface area contributed by atoms with Gasteiger partial charge in [0.15, 0.2) is 0 Å². The summed E-state index contributed by atoms with van der Waals surface area (Å²) in [5, 5.41) is 0. The molecule has 4 fully saturated rings. The van der Waals surface area contributed by atoms with E-state index in [9.17, 15) is 8.42 Å². The molecule has 4 heteroatoms. The molecule has 11 rings (SSSR count). The van der Waals surface area contributed by atoms with Crippen molar-refractivity contribution >= 4 is 26.9 Å². The van der Waals surface area contributed by atoms with Crippen LogP contribution in [0.15, 0.2) is 161 Å².